The predicted molar refractivity (Wildman–Crippen MR) is 56.2 cm³/mol. The molecule has 0 aromatic heterocycles. The largest absolute Gasteiger partial charge is 0.415 e. The summed E-state index contributed by atoms with van der Waals surface area (Å²) < 4.78 is 36.2. The first-order valence-corrected chi connectivity index (χ1v) is 5.98. The Morgan fingerprint density at radius 2 is 1.56 bits per heavy atom. The summed E-state index contributed by atoms with van der Waals surface area (Å²) in [5, 5.41) is 11.7. The summed E-state index contributed by atoms with van der Waals surface area (Å²) in [4.78, 5) is 0. The molecule has 1 fully saturated rings. The molecule has 1 aliphatic carbocycles. The van der Waals surface area contributed by atoms with E-state index in [9.17, 15) is 13.2 Å². The summed E-state index contributed by atoms with van der Waals surface area (Å²) in [6.45, 7) is -0.381. The van der Waals surface area contributed by atoms with Crippen molar-refractivity contribution in [2.75, 3.05) is 6.54 Å². The fraction of sp³-hybridized carbons (Fsp3) is 1.00. The molecule has 1 saturated carbocycles. The number of hydrogen-bond donors (Lipinski definition) is 2. The molecule has 0 spiro atoms. The highest BCUT2D eigenvalue weighted by Gasteiger charge is 2.38. The van der Waals surface area contributed by atoms with Crippen LogP contribution in [0, 0.1) is 0 Å². The quantitative estimate of drug-likeness (QED) is 0.793. The molecule has 0 aromatic carbocycles. The Hall–Kier alpha value is -0.290. The van der Waals surface area contributed by atoms with Crippen LogP contribution in [0.5, 0.6) is 0 Å². The molecule has 2 nitrogen and oxygen atoms in total. The van der Waals surface area contributed by atoms with Gasteiger partial charge in [-0.25, -0.2) is 0 Å². The second-order valence-corrected chi connectivity index (χ2v) is 4.51. The number of hydrogen-bond acceptors (Lipinski definition) is 2. The van der Waals surface area contributed by atoms with Crippen molar-refractivity contribution in [3.63, 3.8) is 0 Å². The lowest BCUT2D eigenvalue weighted by molar-refractivity contribution is -0.202. The van der Waals surface area contributed by atoms with E-state index in [1.54, 1.807) is 0 Å². The fourth-order valence-electron chi connectivity index (χ4n) is 2.05. The zero-order chi connectivity index (χ0) is 12.0. The van der Waals surface area contributed by atoms with E-state index in [1.807, 2.05) is 0 Å². The molecule has 1 atom stereocenters. The Labute approximate surface area is 94.2 Å². The number of aliphatic hydroxyl groups is 1. The van der Waals surface area contributed by atoms with Gasteiger partial charge in [0.15, 0.2) is 6.10 Å². The van der Waals surface area contributed by atoms with Crippen LogP contribution in [0.3, 0.4) is 0 Å². The average Bonchev–Trinajstić information content (AvgIpc) is 2.14. The van der Waals surface area contributed by atoms with Gasteiger partial charge in [-0.3, -0.25) is 0 Å². The van der Waals surface area contributed by atoms with Crippen molar-refractivity contribution in [3.8, 4) is 0 Å². The maximum Gasteiger partial charge on any atom is 0.415 e. The molecule has 0 amide bonds. The van der Waals surface area contributed by atoms with Crippen LogP contribution in [0.15, 0.2) is 0 Å². The zero-order valence-electron chi connectivity index (χ0n) is 9.39. The third kappa shape index (κ3) is 5.16. The first kappa shape index (κ1) is 13.8. The SMILES string of the molecule is OC(CNC1CCCCCCC1)C(F)(F)F. The lowest BCUT2D eigenvalue weighted by Crippen LogP contribution is -2.42. The molecule has 0 radical (unpaired) electrons. The summed E-state index contributed by atoms with van der Waals surface area (Å²) in [5.41, 5.74) is 0. The minimum atomic E-state index is -4.51. The highest BCUT2D eigenvalue weighted by atomic mass is 19.4. The Morgan fingerprint density at radius 1 is 1.06 bits per heavy atom. The molecule has 1 aliphatic rings. The molecule has 1 rings (SSSR count). The van der Waals surface area contributed by atoms with Crippen LogP contribution >= 0.6 is 0 Å². The Morgan fingerprint density at radius 3 is 2.06 bits per heavy atom. The van der Waals surface area contributed by atoms with E-state index in [4.69, 9.17) is 5.11 Å². The van der Waals surface area contributed by atoms with Gasteiger partial charge in [0.2, 0.25) is 0 Å². The van der Waals surface area contributed by atoms with Crippen molar-refractivity contribution in [2.45, 2.75) is 63.3 Å². The van der Waals surface area contributed by atoms with Gasteiger partial charge in [-0.15, -0.1) is 0 Å². The number of nitrogens with one attached hydrogen (secondary N) is 1. The van der Waals surface area contributed by atoms with Gasteiger partial charge in [0, 0.05) is 12.6 Å². The number of aliphatic hydroxyl groups excluding tert-OH is 1. The van der Waals surface area contributed by atoms with E-state index >= 15 is 0 Å². The number of alkyl halides is 3. The molecular weight excluding hydrogens is 219 g/mol. The maximum absolute atomic E-state index is 12.1. The average molecular weight is 239 g/mol. The highest BCUT2D eigenvalue weighted by Crippen LogP contribution is 2.21. The van der Waals surface area contributed by atoms with Crippen LogP contribution in [0.1, 0.15) is 44.9 Å². The van der Waals surface area contributed by atoms with Crippen molar-refractivity contribution in [2.24, 2.45) is 0 Å². The molecule has 2 N–H and O–H groups in total. The zero-order valence-corrected chi connectivity index (χ0v) is 9.39. The summed E-state index contributed by atoms with van der Waals surface area (Å²) in [7, 11) is 0. The van der Waals surface area contributed by atoms with Gasteiger partial charge in [-0.05, 0) is 12.8 Å². The first-order valence-electron chi connectivity index (χ1n) is 5.98. The van der Waals surface area contributed by atoms with Crippen LogP contribution in [-0.4, -0.2) is 30.0 Å². The molecule has 0 heterocycles. The Bertz CT molecular complexity index is 188. The highest BCUT2D eigenvalue weighted by molar-refractivity contribution is 4.74. The van der Waals surface area contributed by atoms with Gasteiger partial charge in [-0.2, -0.15) is 13.2 Å². The Kier molecular flexibility index (Phi) is 5.55. The second-order valence-electron chi connectivity index (χ2n) is 4.51. The molecule has 5 heteroatoms. The van der Waals surface area contributed by atoms with Crippen molar-refractivity contribution in [1.29, 1.82) is 0 Å². The van der Waals surface area contributed by atoms with E-state index in [1.165, 1.54) is 19.3 Å². The van der Waals surface area contributed by atoms with Crippen LogP contribution in [-0.2, 0) is 0 Å². The summed E-state index contributed by atoms with van der Waals surface area (Å²) in [5.74, 6) is 0. The van der Waals surface area contributed by atoms with Gasteiger partial charge in [0.25, 0.3) is 0 Å². The van der Waals surface area contributed by atoms with Gasteiger partial charge in [0.1, 0.15) is 0 Å². The normalized spacial score (nSPS) is 22.5. The number of halogens is 3. The summed E-state index contributed by atoms with van der Waals surface area (Å²) in [6.07, 6.45) is 0.805. The second kappa shape index (κ2) is 6.45. The lowest BCUT2D eigenvalue weighted by Gasteiger charge is -2.23. The molecule has 0 saturated heterocycles. The molecular formula is C11H20F3NO. The minimum Gasteiger partial charge on any atom is -0.382 e. The van der Waals surface area contributed by atoms with Crippen molar-refractivity contribution in [1.82, 2.24) is 5.32 Å². The summed E-state index contributed by atoms with van der Waals surface area (Å²) in [6, 6.07) is 0.136. The van der Waals surface area contributed by atoms with E-state index in [-0.39, 0.29) is 12.6 Å². The molecule has 16 heavy (non-hydrogen) atoms. The van der Waals surface area contributed by atoms with E-state index in [0.29, 0.717) is 0 Å². The van der Waals surface area contributed by atoms with Gasteiger partial charge in [-0.1, -0.05) is 32.1 Å². The predicted octanol–water partition coefficient (Wildman–Crippen LogP) is 2.61. The van der Waals surface area contributed by atoms with E-state index < -0.39 is 12.3 Å². The van der Waals surface area contributed by atoms with Crippen LogP contribution in [0.2, 0.25) is 0 Å². The molecule has 0 aliphatic heterocycles. The molecule has 1 unspecified atom stereocenters. The van der Waals surface area contributed by atoms with Crippen LogP contribution in [0.4, 0.5) is 13.2 Å². The molecule has 0 aromatic rings. The molecule has 96 valence electrons. The maximum atomic E-state index is 12.1. The fourth-order valence-corrected chi connectivity index (χ4v) is 2.05. The summed E-state index contributed by atoms with van der Waals surface area (Å²) >= 11 is 0. The third-order valence-electron chi connectivity index (χ3n) is 3.08. The smallest absolute Gasteiger partial charge is 0.382 e. The Balaban J connectivity index is 2.24. The third-order valence-corrected chi connectivity index (χ3v) is 3.08. The minimum absolute atomic E-state index is 0.136. The standard InChI is InChI=1S/C11H20F3NO/c12-11(13,14)10(16)8-15-9-6-4-2-1-3-5-7-9/h9-10,15-16H,1-8H2. The van der Waals surface area contributed by atoms with Crippen molar-refractivity contribution < 1.29 is 18.3 Å². The van der Waals surface area contributed by atoms with Gasteiger partial charge >= 0.3 is 6.18 Å². The van der Waals surface area contributed by atoms with Gasteiger partial charge < -0.3 is 10.4 Å². The monoisotopic (exact) mass is 239 g/mol. The van der Waals surface area contributed by atoms with Crippen LogP contribution in [0.25, 0.3) is 0 Å². The number of rotatable bonds is 3. The van der Waals surface area contributed by atoms with E-state index in [2.05, 4.69) is 5.32 Å². The van der Waals surface area contributed by atoms with Crippen molar-refractivity contribution >= 4 is 0 Å². The molecule has 0 bridgehead atoms. The first-order chi connectivity index (χ1) is 7.50. The van der Waals surface area contributed by atoms with Gasteiger partial charge in [0.05, 0.1) is 0 Å². The van der Waals surface area contributed by atoms with E-state index in [0.717, 1.165) is 25.7 Å². The van der Waals surface area contributed by atoms with Crippen LogP contribution < -0.4 is 5.32 Å². The lowest BCUT2D eigenvalue weighted by atomic mass is 9.96. The van der Waals surface area contributed by atoms with Crippen molar-refractivity contribution in [3.05, 3.63) is 0 Å². The topological polar surface area (TPSA) is 32.3 Å².